The van der Waals surface area contributed by atoms with Crippen molar-refractivity contribution >= 4 is 76.0 Å². The summed E-state index contributed by atoms with van der Waals surface area (Å²) in [4.78, 5) is 95.4. The molecule has 0 spiro atoms. The van der Waals surface area contributed by atoms with Crippen molar-refractivity contribution in [2.75, 3.05) is 30.9 Å². The number of nitrogens with one attached hydrogen (secondary N) is 3. The van der Waals surface area contributed by atoms with Gasteiger partial charge in [-0.2, -0.15) is 0 Å². The van der Waals surface area contributed by atoms with Crippen molar-refractivity contribution in [3.63, 3.8) is 0 Å². The Balaban J connectivity index is 1.11. The lowest BCUT2D eigenvalue weighted by Crippen LogP contribution is -2.63. The van der Waals surface area contributed by atoms with Crippen molar-refractivity contribution in [1.29, 1.82) is 0 Å². The number of ketones is 2. The van der Waals surface area contributed by atoms with Gasteiger partial charge in [0.2, 0.25) is 17.7 Å². The number of alkyl halides is 1. The standard InChI is InChI=1S/C43H51BrN3O15PS/c1-41-12-11-26(48)15-24(41)7-8-27-28-16-32-43(31(50)20-60-63(56,57)58,42(28,2)17-30(49)36(27)41)62-40(61-32)38-37(59-3)23(21-64-38)13-22-5-4-6-25(14-22)46-39(55)29(9-10-35(53)54)47-34(52)19-45-33(51)18-44/h4-6,11-12,14-15,21,27-30,32,36,40,49H,7-10,13,16-20H2,1-3H3,(H,45,51)(H,46,55)(H,47,52)(H,53,54)(H2,56,57,58)/t27-,28-,29-,30-,32+,36+,40+,41-,42-,43+/m0/s1. The third kappa shape index (κ3) is 9.18. The summed E-state index contributed by atoms with van der Waals surface area (Å²) in [7, 11) is -3.60. The minimum Gasteiger partial charge on any atom is -0.495 e. The van der Waals surface area contributed by atoms with E-state index in [1.807, 2.05) is 31.4 Å². The fourth-order valence-electron chi connectivity index (χ4n) is 11.1. The van der Waals surface area contributed by atoms with E-state index in [0.29, 0.717) is 41.1 Å². The topological polar surface area (TPSA) is 273 Å². The predicted molar refractivity (Wildman–Crippen MR) is 232 cm³/mol. The zero-order valence-electron chi connectivity index (χ0n) is 35.2. The summed E-state index contributed by atoms with van der Waals surface area (Å²) in [6.45, 7) is 2.54. The number of carbonyl (C=O) groups excluding carboxylic acids is 5. The molecule has 7 rings (SSSR count). The van der Waals surface area contributed by atoms with Crippen LogP contribution in [0.3, 0.4) is 0 Å². The fraction of sp³-hybridized carbons (Fsp3) is 0.535. The first-order valence-corrected chi connectivity index (χ1v) is 24.3. The molecule has 1 aromatic heterocycles. The minimum atomic E-state index is -5.08. The Hall–Kier alpha value is -4.11. The monoisotopic (exact) mass is 991 g/mol. The molecule has 346 valence electrons. The van der Waals surface area contributed by atoms with Crippen molar-refractivity contribution in [3.8, 4) is 5.75 Å². The van der Waals surface area contributed by atoms with Crippen molar-refractivity contribution in [2.45, 2.75) is 88.9 Å². The number of anilines is 1. The highest BCUT2D eigenvalue weighted by Gasteiger charge is 2.76. The molecule has 18 nitrogen and oxygen atoms in total. The van der Waals surface area contributed by atoms with Crippen molar-refractivity contribution < 1.29 is 72.1 Å². The third-order valence-electron chi connectivity index (χ3n) is 13.7. The number of aliphatic hydroxyl groups excluding tert-OH is 1. The van der Waals surface area contributed by atoms with Crippen LogP contribution in [-0.2, 0) is 53.8 Å². The number of hydrogen-bond donors (Lipinski definition) is 7. The van der Waals surface area contributed by atoms with Crippen molar-refractivity contribution in [2.24, 2.45) is 28.6 Å². The number of ether oxygens (including phenoxy) is 3. The first-order chi connectivity index (χ1) is 30.2. The summed E-state index contributed by atoms with van der Waals surface area (Å²) < 4.78 is 36.1. The van der Waals surface area contributed by atoms with E-state index < -0.39 is 97.8 Å². The second kappa shape index (κ2) is 18.6. The van der Waals surface area contributed by atoms with Gasteiger partial charge >= 0.3 is 13.8 Å². The van der Waals surface area contributed by atoms with Gasteiger partial charge in [-0.05, 0) is 79.2 Å². The number of phosphoric ester groups is 1. The highest BCUT2D eigenvalue weighted by molar-refractivity contribution is 9.09. The van der Waals surface area contributed by atoms with Gasteiger partial charge < -0.3 is 50.2 Å². The maximum absolute atomic E-state index is 14.5. The van der Waals surface area contributed by atoms with Crippen LogP contribution in [0, 0.1) is 28.6 Å². The fourth-order valence-corrected chi connectivity index (χ4v) is 12.5. The summed E-state index contributed by atoms with van der Waals surface area (Å²) in [5.41, 5.74) is -0.662. The largest absolute Gasteiger partial charge is 0.495 e. The molecule has 4 aliphatic carbocycles. The second-order valence-corrected chi connectivity index (χ2v) is 20.1. The highest BCUT2D eigenvalue weighted by Crippen LogP contribution is 2.71. The van der Waals surface area contributed by atoms with E-state index in [-0.39, 0.29) is 48.1 Å². The van der Waals surface area contributed by atoms with Crippen LogP contribution in [0.15, 0.2) is 53.4 Å². The molecule has 4 fully saturated rings. The Morgan fingerprint density at radius 3 is 2.61 bits per heavy atom. The molecule has 2 heterocycles. The molecule has 0 radical (unpaired) electrons. The summed E-state index contributed by atoms with van der Waals surface area (Å²) in [6.07, 6.45) is 3.55. The van der Waals surface area contributed by atoms with Gasteiger partial charge in [0.1, 0.15) is 23.3 Å². The number of hydrogen-bond acceptors (Lipinski definition) is 13. The SMILES string of the molecule is COc1c(Cc2cccc(NC(=O)[C@H](CCC(=O)O)NC(=O)CNC(=O)CBr)c2)csc1[C@@H]1O[C@@H]2C[C@H]3[C@@H]4CCC5=CC(=O)C=C[C@]5(C)[C@H]4[C@@H](O)C[C@]3(C)[C@]2(C(=O)COP(=O)(O)O)O1. The van der Waals surface area contributed by atoms with Crippen LogP contribution in [0.25, 0.3) is 0 Å². The van der Waals surface area contributed by atoms with Crippen molar-refractivity contribution in [1.82, 2.24) is 10.6 Å². The molecular formula is C43H51BrN3O15PS. The Bertz CT molecular complexity index is 2330. The number of allylic oxidation sites excluding steroid dienone is 4. The third-order valence-corrected chi connectivity index (χ3v) is 15.7. The number of amides is 3. The number of fused-ring (bicyclic) bond motifs is 7. The number of aliphatic hydroxyl groups is 1. The number of thiophene rings is 1. The zero-order valence-corrected chi connectivity index (χ0v) is 38.5. The average molecular weight is 993 g/mol. The molecule has 3 amide bonds. The number of carbonyl (C=O) groups is 6. The van der Waals surface area contributed by atoms with Crippen LogP contribution in [0.2, 0.25) is 0 Å². The lowest BCUT2D eigenvalue weighted by atomic mass is 9.46. The molecule has 3 saturated carbocycles. The molecule has 64 heavy (non-hydrogen) atoms. The van der Waals surface area contributed by atoms with Gasteiger partial charge in [0.25, 0.3) is 0 Å². The Morgan fingerprint density at radius 2 is 1.91 bits per heavy atom. The van der Waals surface area contributed by atoms with Gasteiger partial charge in [0.15, 0.2) is 23.5 Å². The van der Waals surface area contributed by atoms with Crippen molar-refractivity contribution in [3.05, 3.63) is 69.5 Å². The summed E-state index contributed by atoms with van der Waals surface area (Å²) >= 11 is 4.25. The van der Waals surface area contributed by atoms with Gasteiger partial charge in [-0.25, -0.2) is 4.57 Å². The van der Waals surface area contributed by atoms with E-state index in [1.165, 1.54) is 18.4 Å². The van der Waals surface area contributed by atoms with Gasteiger partial charge in [0.05, 0.1) is 31.2 Å². The van der Waals surface area contributed by atoms with Gasteiger partial charge in [-0.3, -0.25) is 33.3 Å². The normalized spacial score (nSPS) is 30.8. The molecule has 1 aromatic carbocycles. The number of carboxylic acids is 1. The van der Waals surface area contributed by atoms with Crippen LogP contribution in [-0.4, -0.2) is 105 Å². The van der Waals surface area contributed by atoms with Crippen LogP contribution < -0.4 is 20.7 Å². The molecule has 1 aliphatic heterocycles. The molecule has 5 aliphatic rings. The number of aliphatic carboxylic acids is 1. The van der Waals surface area contributed by atoms with E-state index in [4.69, 9.17) is 18.7 Å². The van der Waals surface area contributed by atoms with Gasteiger partial charge in [-0.1, -0.05) is 53.6 Å². The van der Waals surface area contributed by atoms with Crippen LogP contribution in [0.1, 0.15) is 74.7 Å². The summed E-state index contributed by atoms with van der Waals surface area (Å²) in [6, 6.07) is 5.64. The second-order valence-electron chi connectivity index (χ2n) is 17.4. The zero-order chi connectivity index (χ0) is 46.4. The lowest BCUT2D eigenvalue weighted by molar-refractivity contribution is -0.200. The van der Waals surface area contributed by atoms with E-state index >= 15 is 0 Å². The maximum atomic E-state index is 14.5. The molecule has 21 heteroatoms. The minimum absolute atomic E-state index is 0.0295. The van der Waals surface area contributed by atoms with Crippen LogP contribution in [0.5, 0.6) is 5.75 Å². The first-order valence-electron chi connectivity index (χ1n) is 20.8. The smallest absolute Gasteiger partial charge is 0.470 e. The Labute approximate surface area is 380 Å². The molecule has 1 saturated heterocycles. The molecular weight excluding hydrogens is 941 g/mol. The molecule has 0 unspecified atom stereocenters. The van der Waals surface area contributed by atoms with E-state index in [9.17, 15) is 53.3 Å². The molecule has 10 atom stereocenters. The molecule has 0 bridgehead atoms. The number of phosphoric acid groups is 1. The molecule has 2 aromatic rings. The number of methoxy groups -OCH3 is 1. The predicted octanol–water partition coefficient (Wildman–Crippen LogP) is 3.87. The van der Waals surface area contributed by atoms with Crippen LogP contribution in [0.4, 0.5) is 5.69 Å². The number of carboxylic acid groups (broad SMARTS) is 1. The summed E-state index contributed by atoms with van der Waals surface area (Å²) in [5, 5.41) is 30.7. The van der Waals surface area contributed by atoms with Gasteiger partial charge in [0, 0.05) is 40.8 Å². The van der Waals surface area contributed by atoms with Gasteiger partial charge in [-0.15, -0.1) is 11.3 Å². The average Bonchev–Trinajstić information content (AvgIpc) is 3.89. The maximum Gasteiger partial charge on any atom is 0.470 e. The number of benzene rings is 1. The number of Topliss-reactive ketones (excluding diaryl/α,β-unsaturated/α-hetero) is 1. The summed E-state index contributed by atoms with van der Waals surface area (Å²) in [5.74, 6) is -3.93. The van der Waals surface area contributed by atoms with E-state index in [2.05, 4.69) is 31.9 Å². The van der Waals surface area contributed by atoms with Crippen LogP contribution >= 0.6 is 35.1 Å². The Kier molecular flexibility index (Phi) is 13.9. The first kappa shape index (κ1) is 47.8. The number of halogens is 1. The lowest BCUT2D eigenvalue weighted by Gasteiger charge is -2.59. The highest BCUT2D eigenvalue weighted by atomic mass is 79.9. The molecule has 7 N–H and O–H groups in total. The van der Waals surface area contributed by atoms with E-state index in [1.54, 1.807) is 30.4 Å². The quantitative estimate of drug-likeness (QED) is 0.0876. The number of rotatable bonds is 17. The van der Waals surface area contributed by atoms with E-state index in [0.717, 1.165) is 11.1 Å². The Morgan fingerprint density at radius 1 is 1.14 bits per heavy atom.